The van der Waals surface area contributed by atoms with Gasteiger partial charge in [0.1, 0.15) is 5.69 Å². The van der Waals surface area contributed by atoms with E-state index in [1.165, 1.54) is 0 Å². The summed E-state index contributed by atoms with van der Waals surface area (Å²) in [5, 5.41) is 1.88. The standard InChI is InChI=1S/C25H21N3O2/c1-4-30-25(29)18-7-6-17(16(3)13-18)8-9-19-10-11-20-22(28-19)14-27-24-15(2)5-12-21(26)23(20)24/h5-7,10-14H,4,26H2,1-3H3. The molecule has 30 heavy (non-hydrogen) atoms. The lowest BCUT2D eigenvalue weighted by molar-refractivity contribution is 0.0526. The van der Waals surface area contributed by atoms with Crippen molar-refractivity contribution in [3.8, 4) is 11.8 Å². The molecule has 0 fully saturated rings. The summed E-state index contributed by atoms with van der Waals surface area (Å²) >= 11 is 0. The zero-order chi connectivity index (χ0) is 21.3. The van der Waals surface area contributed by atoms with Crippen LogP contribution in [0.25, 0.3) is 21.8 Å². The SMILES string of the molecule is CCOC(=O)c1ccc(C#Cc2ccc3c(cnc4c(C)ccc(N)c43)n2)c(C)c1. The fraction of sp³-hybridized carbons (Fsp3) is 0.160. The Morgan fingerprint density at radius 1 is 1.07 bits per heavy atom. The van der Waals surface area contributed by atoms with Crippen molar-refractivity contribution in [1.29, 1.82) is 0 Å². The van der Waals surface area contributed by atoms with Gasteiger partial charge in [0.15, 0.2) is 0 Å². The minimum absolute atomic E-state index is 0.328. The molecule has 5 heteroatoms. The quantitative estimate of drug-likeness (QED) is 0.233. The van der Waals surface area contributed by atoms with Gasteiger partial charge in [0.05, 0.1) is 29.4 Å². The Bertz CT molecular complexity index is 1360. The highest BCUT2D eigenvalue weighted by atomic mass is 16.5. The van der Waals surface area contributed by atoms with Crippen molar-refractivity contribution in [2.75, 3.05) is 12.3 Å². The molecule has 2 aromatic carbocycles. The van der Waals surface area contributed by atoms with Gasteiger partial charge in [-0.2, -0.15) is 0 Å². The maximum Gasteiger partial charge on any atom is 0.338 e. The van der Waals surface area contributed by atoms with E-state index in [-0.39, 0.29) is 5.97 Å². The molecule has 0 spiro atoms. The van der Waals surface area contributed by atoms with Crippen LogP contribution in [0.1, 0.15) is 39.7 Å². The van der Waals surface area contributed by atoms with Crippen LogP contribution in [0.5, 0.6) is 0 Å². The minimum atomic E-state index is -0.328. The summed E-state index contributed by atoms with van der Waals surface area (Å²) in [6, 6.07) is 13.1. The van der Waals surface area contributed by atoms with E-state index in [0.29, 0.717) is 23.6 Å². The highest BCUT2D eigenvalue weighted by molar-refractivity contribution is 6.11. The maximum atomic E-state index is 11.9. The van der Waals surface area contributed by atoms with Gasteiger partial charge in [-0.15, -0.1) is 0 Å². The van der Waals surface area contributed by atoms with E-state index in [2.05, 4.69) is 21.8 Å². The van der Waals surface area contributed by atoms with Gasteiger partial charge in [-0.05, 0) is 74.2 Å². The first-order valence-corrected chi connectivity index (χ1v) is 9.72. The number of carbonyl (C=O) groups is 1. The normalized spacial score (nSPS) is 10.6. The largest absolute Gasteiger partial charge is 0.462 e. The number of hydrogen-bond donors (Lipinski definition) is 1. The second-order valence-electron chi connectivity index (χ2n) is 7.08. The number of ether oxygens (including phenoxy) is 1. The van der Waals surface area contributed by atoms with E-state index in [9.17, 15) is 4.79 Å². The molecule has 0 radical (unpaired) electrons. The number of esters is 1. The number of hydrogen-bond acceptors (Lipinski definition) is 5. The maximum absolute atomic E-state index is 11.9. The Kier molecular flexibility index (Phi) is 5.07. The first-order valence-electron chi connectivity index (χ1n) is 9.72. The van der Waals surface area contributed by atoms with Crippen molar-refractivity contribution in [2.24, 2.45) is 0 Å². The third-order valence-electron chi connectivity index (χ3n) is 4.98. The van der Waals surface area contributed by atoms with E-state index in [4.69, 9.17) is 10.5 Å². The average Bonchev–Trinajstić information content (AvgIpc) is 2.75. The fourth-order valence-corrected chi connectivity index (χ4v) is 3.42. The number of nitrogen functional groups attached to an aromatic ring is 1. The topological polar surface area (TPSA) is 78.1 Å². The molecule has 2 heterocycles. The Balaban J connectivity index is 1.71. The van der Waals surface area contributed by atoms with Crippen molar-refractivity contribution in [2.45, 2.75) is 20.8 Å². The molecule has 2 N–H and O–H groups in total. The van der Waals surface area contributed by atoms with E-state index in [1.54, 1.807) is 25.3 Å². The lowest BCUT2D eigenvalue weighted by Crippen LogP contribution is -2.05. The summed E-state index contributed by atoms with van der Waals surface area (Å²) in [7, 11) is 0. The van der Waals surface area contributed by atoms with Crippen LogP contribution in [0.2, 0.25) is 0 Å². The number of nitrogens with zero attached hydrogens (tertiary/aromatic N) is 2. The second-order valence-corrected chi connectivity index (χ2v) is 7.08. The van der Waals surface area contributed by atoms with Crippen LogP contribution in [-0.2, 0) is 4.74 Å². The van der Waals surface area contributed by atoms with Gasteiger partial charge in [-0.25, -0.2) is 9.78 Å². The number of fused-ring (bicyclic) bond motifs is 3. The number of aryl methyl sites for hydroxylation is 2. The Labute approximate surface area is 174 Å². The highest BCUT2D eigenvalue weighted by Crippen LogP contribution is 2.29. The number of pyridine rings is 2. The number of benzene rings is 2. The van der Waals surface area contributed by atoms with Crippen LogP contribution in [0.3, 0.4) is 0 Å². The number of carbonyl (C=O) groups excluding carboxylic acids is 1. The Hall–Kier alpha value is -3.91. The van der Waals surface area contributed by atoms with Crippen molar-refractivity contribution in [3.05, 3.63) is 76.6 Å². The molecule has 5 nitrogen and oxygen atoms in total. The highest BCUT2D eigenvalue weighted by Gasteiger charge is 2.09. The van der Waals surface area contributed by atoms with Crippen LogP contribution < -0.4 is 5.73 Å². The molecule has 0 aliphatic rings. The minimum Gasteiger partial charge on any atom is -0.462 e. The molecule has 0 unspecified atom stereocenters. The molecule has 0 aliphatic carbocycles. The lowest BCUT2D eigenvalue weighted by atomic mass is 10.0. The first-order chi connectivity index (χ1) is 14.5. The predicted octanol–water partition coefficient (Wildman–Crippen LogP) is 4.56. The fourth-order valence-electron chi connectivity index (χ4n) is 3.42. The first kappa shape index (κ1) is 19.4. The average molecular weight is 395 g/mol. The van der Waals surface area contributed by atoms with Gasteiger partial charge in [0.2, 0.25) is 0 Å². The van der Waals surface area contributed by atoms with E-state index in [1.807, 2.05) is 44.2 Å². The van der Waals surface area contributed by atoms with Crippen LogP contribution in [-0.4, -0.2) is 22.5 Å². The Morgan fingerprint density at radius 3 is 2.67 bits per heavy atom. The van der Waals surface area contributed by atoms with Crippen molar-refractivity contribution in [1.82, 2.24) is 9.97 Å². The monoisotopic (exact) mass is 395 g/mol. The summed E-state index contributed by atoms with van der Waals surface area (Å²) < 4.78 is 5.04. The molecule has 0 saturated carbocycles. The number of anilines is 1. The van der Waals surface area contributed by atoms with Crippen molar-refractivity contribution < 1.29 is 9.53 Å². The van der Waals surface area contributed by atoms with Crippen molar-refractivity contribution in [3.63, 3.8) is 0 Å². The summed E-state index contributed by atoms with van der Waals surface area (Å²) in [4.78, 5) is 21.1. The molecule has 0 bridgehead atoms. The number of rotatable bonds is 2. The second kappa shape index (κ2) is 7.84. The van der Waals surface area contributed by atoms with Crippen LogP contribution >= 0.6 is 0 Å². The molecule has 148 valence electrons. The van der Waals surface area contributed by atoms with E-state index >= 15 is 0 Å². The predicted molar refractivity (Wildman–Crippen MR) is 119 cm³/mol. The molecule has 0 aliphatic heterocycles. The molecular formula is C25H21N3O2. The molecule has 4 aromatic rings. The molecule has 0 atom stereocenters. The summed E-state index contributed by atoms with van der Waals surface area (Å²) in [6.45, 7) is 6.07. The lowest BCUT2D eigenvalue weighted by Gasteiger charge is -2.08. The van der Waals surface area contributed by atoms with Gasteiger partial charge >= 0.3 is 5.97 Å². The van der Waals surface area contributed by atoms with E-state index < -0.39 is 0 Å². The third-order valence-corrected chi connectivity index (χ3v) is 4.98. The Morgan fingerprint density at radius 2 is 1.90 bits per heavy atom. The van der Waals surface area contributed by atoms with Crippen molar-refractivity contribution >= 4 is 33.5 Å². The molecule has 0 amide bonds. The molecule has 2 aromatic heterocycles. The molecular weight excluding hydrogens is 374 g/mol. The smallest absolute Gasteiger partial charge is 0.338 e. The van der Waals surface area contributed by atoms with Crippen LogP contribution in [0.4, 0.5) is 5.69 Å². The summed E-state index contributed by atoms with van der Waals surface area (Å²) in [6.07, 6.45) is 1.76. The zero-order valence-corrected chi connectivity index (χ0v) is 17.1. The summed E-state index contributed by atoms with van der Waals surface area (Å²) in [5.41, 5.74) is 12.5. The van der Waals surface area contributed by atoms with Crippen LogP contribution in [0, 0.1) is 25.7 Å². The van der Waals surface area contributed by atoms with E-state index in [0.717, 1.165) is 38.5 Å². The number of nitrogens with two attached hydrogens (primary N) is 1. The molecule has 4 rings (SSSR count). The van der Waals surface area contributed by atoms with Gasteiger partial charge < -0.3 is 10.5 Å². The number of aromatic nitrogens is 2. The zero-order valence-electron chi connectivity index (χ0n) is 17.1. The van der Waals surface area contributed by atoms with Gasteiger partial charge in [0.25, 0.3) is 0 Å². The summed E-state index contributed by atoms with van der Waals surface area (Å²) in [5.74, 6) is 5.92. The van der Waals surface area contributed by atoms with Gasteiger partial charge in [0, 0.05) is 22.0 Å². The van der Waals surface area contributed by atoms with Gasteiger partial charge in [-0.1, -0.05) is 12.0 Å². The third kappa shape index (κ3) is 3.56. The van der Waals surface area contributed by atoms with Crippen LogP contribution in [0.15, 0.2) is 48.7 Å². The van der Waals surface area contributed by atoms with Gasteiger partial charge in [-0.3, -0.25) is 4.98 Å². The molecule has 0 saturated heterocycles.